The summed E-state index contributed by atoms with van der Waals surface area (Å²) in [6, 6.07) is 11.7. The molecule has 6 nitrogen and oxygen atoms in total. The van der Waals surface area contributed by atoms with Gasteiger partial charge in [0, 0.05) is 23.2 Å². The Morgan fingerprint density at radius 3 is 2.43 bits per heavy atom. The van der Waals surface area contributed by atoms with Crippen LogP contribution in [0.1, 0.15) is 34.3 Å². The van der Waals surface area contributed by atoms with Gasteiger partial charge in [0.15, 0.2) is 0 Å². The lowest BCUT2D eigenvalue weighted by Gasteiger charge is -2.11. The van der Waals surface area contributed by atoms with Gasteiger partial charge in [0.1, 0.15) is 0 Å². The first-order valence-corrected chi connectivity index (χ1v) is 10.6. The van der Waals surface area contributed by atoms with Crippen LogP contribution in [-0.2, 0) is 10.0 Å². The van der Waals surface area contributed by atoms with Crippen molar-refractivity contribution < 1.29 is 13.2 Å². The summed E-state index contributed by atoms with van der Waals surface area (Å²) >= 11 is 0. The van der Waals surface area contributed by atoms with Crippen LogP contribution in [0.4, 0.5) is 5.69 Å². The number of sulfonamides is 1. The van der Waals surface area contributed by atoms with Crippen LogP contribution in [0.2, 0.25) is 0 Å². The van der Waals surface area contributed by atoms with Crippen LogP contribution in [-0.4, -0.2) is 25.4 Å². The molecule has 0 saturated heterocycles. The minimum atomic E-state index is -3.53. The smallest absolute Gasteiger partial charge is 0.255 e. The van der Waals surface area contributed by atoms with Crippen molar-refractivity contribution in [1.29, 1.82) is 0 Å². The van der Waals surface area contributed by atoms with Crippen molar-refractivity contribution in [2.45, 2.75) is 37.6 Å². The number of fused-ring (bicyclic) bond motifs is 1. The van der Waals surface area contributed by atoms with E-state index >= 15 is 0 Å². The molecule has 1 aromatic heterocycles. The van der Waals surface area contributed by atoms with Crippen LogP contribution >= 0.6 is 0 Å². The van der Waals surface area contributed by atoms with E-state index in [0.29, 0.717) is 11.3 Å². The molecule has 0 unspecified atom stereocenters. The van der Waals surface area contributed by atoms with Crippen molar-refractivity contribution in [1.82, 2.24) is 9.71 Å². The summed E-state index contributed by atoms with van der Waals surface area (Å²) < 4.78 is 27.1. The third-order valence-corrected chi connectivity index (χ3v) is 6.55. The molecule has 144 valence electrons. The molecule has 28 heavy (non-hydrogen) atoms. The number of rotatable bonds is 5. The van der Waals surface area contributed by atoms with E-state index < -0.39 is 10.0 Å². The van der Waals surface area contributed by atoms with E-state index in [0.717, 1.165) is 34.9 Å². The zero-order chi connectivity index (χ0) is 19.9. The first-order valence-electron chi connectivity index (χ1n) is 9.14. The summed E-state index contributed by atoms with van der Waals surface area (Å²) in [6.45, 7) is 4.03. The van der Waals surface area contributed by atoms with Crippen molar-refractivity contribution in [3.8, 4) is 0 Å². The molecule has 2 N–H and O–H groups in total. The third-order valence-electron chi connectivity index (χ3n) is 5.01. The lowest BCUT2D eigenvalue weighted by molar-refractivity contribution is 0.102. The zero-order valence-electron chi connectivity index (χ0n) is 15.7. The van der Waals surface area contributed by atoms with E-state index in [9.17, 15) is 13.2 Å². The molecule has 1 saturated carbocycles. The number of amides is 1. The zero-order valence-corrected chi connectivity index (χ0v) is 16.5. The van der Waals surface area contributed by atoms with Gasteiger partial charge in [-0.3, -0.25) is 9.78 Å². The number of aromatic nitrogens is 1. The van der Waals surface area contributed by atoms with Gasteiger partial charge in [0.25, 0.3) is 5.91 Å². The van der Waals surface area contributed by atoms with E-state index in [-0.39, 0.29) is 16.8 Å². The van der Waals surface area contributed by atoms with E-state index in [1.807, 2.05) is 26.0 Å². The monoisotopic (exact) mass is 395 g/mol. The predicted molar refractivity (Wildman–Crippen MR) is 109 cm³/mol. The van der Waals surface area contributed by atoms with Crippen LogP contribution in [0.5, 0.6) is 0 Å². The highest BCUT2D eigenvalue weighted by Crippen LogP contribution is 2.26. The first-order chi connectivity index (χ1) is 13.3. The molecule has 4 rings (SSSR count). The van der Waals surface area contributed by atoms with Crippen molar-refractivity contribution >= 4 is 32.5 Å². The van der Waals surface area contributed by atoms with Gasteiger partial charge < -0.3 is 5.32 Å². The van der Waals surface area contributed by atoms with Gasteiger partial charge in [-0.15, -0.1) is 0 Å². The number of nitrogens with one attached hydrogen (secondary N) is 2. The second-order valence-corrected chi connectivity index (χ2v) is 8.85. The van der Waals surface area contributed by atoms with Gasteiger partial charge in [0.2, 0.25) is 10.0 Å². The molecule has 7 heteroatoms. The van der Waals surface area contributed by atoms with Gasteiger partial charge in [0.05, 0.1) is 16.1 Å². The summed E-state index contributed by atoms with van der Waals surface area (Å²) in [4.78, 5) is 17.2. The Labute approximate surface area is 164 Å². The molecule has 2 aromatic carbocycles. The quantitative estimate of drug-likeness (QED) is 0.692. The SMILES string of the molecule is Cc1ccc2c(NC(=O)c3ccc(S(=O)(=O)NC4CC4)cc3)ccnc2c1C. The maximum absolute atomic E-state index is 12.7. The average Bonchev–Trinajstić information content (AvgIpc) is 3.48. The van der Waals surface area contributed by atoms with E-state index in [1.165, 1.54) is 24.3 Å². The number of anilines is 1. The Balaban J connectivity index is 1.57. The topological polar surface area (TPSA) is 88.2 Å². The lowest BCUT2D eigenvalue weighted by atomic mass is 10.0. The van der Waals surface area contributed by atoms with Crippen LogP contribution in [0.15, 0.2) is 53.6 Å². The van der Waals surface area contributed by atoms with Gasteiger partial charge in [-0.25, -0.2) is 13.1 Å². The second-order valence-electron chi connectivity index (χ2n) is 7.14. The largest absolute Gasteiger partial charge is 0.321 e. The average molecular weight is 395 g/mol. The first kappa shape index (κ1) is 18.6. The standard InChI is InChI=1S/C21H21N3O3S/c1-13-3-10-18-19(11-12-22-20(18)14(13)2)23-21(25)15-4-8-17(9-5-15)28(26,27)24-16-6-7-16/h3-5,8-12,16,24H,6-7H2,1-2H3,(H,22,23,25). The number of aryl methyl sites for hydroxylation is 2. The molecule has 0 aliphatic heterocycles. The van der Waals surface area contributed by atoms with E-state index in [1.54, 1.807) is 12.3 Å². The van der Waals surface area contributed by atoms with Gasteiger partial charge >= 0.3 is 0 Å². The Bertz CT molecular complexity index is 1170. The van der Waals surface area contributed by atoms with Crippen molar-refractivity contribution in [3.63, 3.8) is 0 Å². The number of nitrogens with zero attached hydrogens (tertiary/aromatic N) is 1. The molecule has 0 bridgehead atoms. The van der Waals surface area contributed by atoms with Gasteiger partial charge in [-0.05, 0) is 68.1 Å². The lowest BCUT2D eigenvalue weighted by Crippen LogP contribution is -2.25. The second kappa shape index (κ2) is 7.00. The Hall–Kier alpha value is -2.77. The highest BCUT2D eigenvalue weighted by Gasteiger charge is 2.28. The molecular weight excluding hydrogens is 374 g/mol. The van der Waals surface area contributed by atoms with Crippen LogP contribution < -0.4 is 10.0 Å². The minimum absolute atomic E-state index is 0.0417. The highest BCUT2D eigenvalue weighted by molar-refractivity contribution is 7.89. The Morgan fingerprint density at radius 1 is 1.04 bits per heavy atom. The summed E-state index contributed by atoms with van der Waals surface area (Å²) in [5, 5.41) is 3.77. The predicted octanol–water partition coefficient (Wildman–Crippen LogP) is 3.54. The summed E-state index contributed by atoms with van der Waals surface area (Å²) in [6.07, 6.45) is 3.42. The summed E-state index contributed by atoms with van der Waals surface area (Å²) in [5.74, 6) is -0.301. The maximum atomic E-state index is 12.7. The molecule has 3 aromatic rings. The normalized spacial score (nSPS) is 14.2. The fourth-order valence-corrected chi connectivity index (χ4v) is 4.34. The number of carbonyl (C=O) groups is 1. The minimum Gasteiger partial charge on any atom is -0.321 e. The summed E-state index contributed by atoms with van der Waals surface area (Å²) in [7, 11) is -3.53. The molecule has 0 atom stereocenters. The van der Waals surface area contributed by atoms with Crippen LogP contribution in [0.3, 0.4) is 0 Å². The van der Waals surface area contributed by atoms with Crippen LogP contribution in [0, 0.1) is 13.8 Å². The fraction of sp³-hybridized carbons (Fsp3) is 0.238. The highest BCUT2D eigenvalue weighted by atomic mass is 32.2. The van der Waals surface area contributed by atoms with Crippen LogP contribution in [0.25, 0.3) is 10.9 Å². The molecular formula is C21H21N3O3S. The fourth-order valence-electron chi connectivity index (χ4n) is 3.04. The maximum Gasteiger partial charge on any atom is 0.255 e. The molecule has 1 amide bonds. The molecule has 1 aliphatic carbocycles. The van der Waals surface area contributed by atoms with Crippen molar-refractivity contribution in [2.75, 3.05) is 5.32 Å². The molecule has 1 heterocycles. The van der Waals surface area contributed by atoms with Crippen molar-refractivity contribution in [2.24, 2.45) is 0 Å². The third kappa shape index (κ3) is 3.63. The molecule has 1 aliphatic rings. The van der Waals surface area contributed by atoms with Gasteiger partial charge in [-0.2, -0.15) is 0 Å². The summed E-state index contributed by atoms with van der Waals surface area (Å²) in [5.41, 5.74) is 4.13. The van der Waals surface area contributed by atoms with Gasteiger partial charge in [-0.1, -0.05) is 12.1 Å². The Kier molecular flexibility index (Phi) is 4.64. The van der Waals surface area contributed by atoms with E-state index in [2.05, 4.69) is 15.0 Å². The number of benzene rings is 2. The van der Waals surface area contributed by atoms with Crippen molar-refractivity contribution in [3.05, 3.63) is 65.4 Å². The van der Waals surface area contributed by atoms with E-state index in [4.69, 9.17) is 0 Å². The Morgan fingerprint density at radius 2 is 1.75 bits per heavy atom. The molecule has 1 fully saturated rings. The number of hydrogen-bond acceptors (Lipinski definition) is 4. The number of pyridine rings is 1. The number of hydrogen-bond donors (Lipinski definition) is 2. The molecule has 0 radical (unpaired) electrons. The molecule has 0 spiro atoms. The number of carbonyl (C=O) groups excluding carboxylic acids is 1.